The molecule has 0 saturated carbocycles. The predicted molar refractivity (Wildman–Crippen MR) is 164 cm³/mol. The lowest BCUT2D eigenvalue weighted by Crippen LogP contribution is -2.11. The summed E-state index contributed by atoms with van der Waals surface area (Å²) in [4.78, 5) is 70.0. The summed E-state index contributed by atoms with van der Waals surface area (Å²) in [5, 5.41) is 17.3. The maximum absolute atomic E-state index is 12.3. The average Bonchev–Trinajstić information content (AvgIpc) is 3.04. The largest absolute Gasteiger partial charge is 0.481 e. The molecule has 0 spiro atoms. The number of esters is 5. The van der Waals surface area contributed by atoms with E-state index in [2.05, 4.69) is 0 Å². The van der Waals surface area contributed by atoms with Gasteiger partial charge in [0.2, 0.25) is 0 Å². The zero-order chi connectivity index (χ0) is 33.8. The monoisotopic (exact) mass is 652 g/mol. The number of rotatable bonds is 27. The van der Waals surface area contributed by atoms with Crippen LogP contribution in [0.25, 0.3) is 0 Å². The second-order valence-corrected chi connectivity index (χ2v) is 10.5. The van der Waals surface area contributed by atoms with E-state index >= 15 is 0 Å². The van der Waals surface area contributed by atoms with E-state index in [1.807, 2.05) is 0 Å². The quantitative estimate of drug-likeness (QED) is 0.0765. The van der Waals surface area contributed by atoms with Crippen LogP contribution in [-0.4, -0.2) is 85.7 Å². The Labute approximate surface area is 269 Å². The van der Waals surface area contributed by atoms with Crippen LogP contribution in [0.4, 0.5) is 0 Å². The first-order chi connectivity index (χ1) is 22.2. The molecule has 0 saturated heterocycles. The Bertz CT molecular complexity index is 1050. The fourth-order valence-corrected chi connectivity index (χ4v) is 3.90. The summed E-state index contributed by atoms with van der Waals surface area (Å²) in [5.74, 6) is -2.94. The van der Waals surface area contributed by atoms with Gasteiger partial charge in [0.15, 0.2) is 0 Å². The van der Waals surface area contributed by atoms with Crippen LogP contribution in [0.3, 0.4) is 0 Å². The zero-order valence-corrected chi connectivity index (χ0v) is 26.5. The van der Waals surface area contributed by atoms with Gasteiger partial charge < -0.3 is 33.9 Å². The van der Waals surface area contributed by atoms with E-state index in [1.54, 1.807) is 0 Å². The second kappa shape index (κ2) is 26.2. The molecular weight excluding hydrogens is 604 g/mol. The third-order valence-corrected chi connectivity index (χ3v) is 6.52. The van der Waals surface area contributed by atoms with E-state index in [0.717, 1.165) is 0 Å². The number of carbonyl (C=O) groups excluding carboxylic acids is 5. The Balaban J connectivity index is 2.07. The van der Waals surface area contributed by atoms with Crippen LogP contribution in [0.5, 0.6) is 0 Å². The summed E-state index contributed by atoms with van der Waals surface area (Å²) in [7, 11) is 0. The molecule has 1 aromatic carbocycles. The van der Waals surface area contributed by atoms with Crippen molar-refractivity contribution < 1.29 is 62.7 Å². The van der Waals surface area contributed by atoms with Crippen LogP contribution in [0, 0.1) is 0 Å². The number of aliphatic hydroxyl groups excluding tert-OH is 1. The molecule has 0 heterocycles. The summed E-state index contributed by atoms with van der Waals surface area (Å²) >= 11 is 0. The zero-order valence-electron chi connectivity index (χ0n) is 26.5. The van der Waals surface area contributed by atoms with Crippen molar-refractivity contribution in [1.82, 2.24) is 0 Å². The van der Waals surface area contributed by atoms with Crippen molar-refractivity contribution in [1.29, 1.82) is 0 Å². The molecule has 13 heteroatoms. The second-order valence-electron chi connectivity index (χ2n) is 10.5. The molecule has 0 aliphatic carbocycles. The van der Waals surface area contributed by atoms with Crippen molar-refractivity contribution in [3.63, 3.8) is 0 Å². The Hall–Kier alpha value is -4.00. The van der Waals surface area contributed by atoms with Crippen molar-refractivity contribution in [3.8, 4) is 0 Å². The summed E-state index contributed by atoms with van der Waals surface area (Å²) in [5.41, 5.74) is 0.558. The van der Waals surface area contributed by atoms with Gasteiger partial charge >= 0.3 is 35.8 Å². The molecule has 0 aliphatic heterocycles. The molecule has 1 aromatic rings. The highest BCUT2D eigenvalue weighted by molar-refractivity contribution is 5.93. The summed E-state index contributed by atoms with van der Waals surface area (Å²) in [6.07, 6.45) is 6.83. The Kier molecular flexibility index (Phi) is 22.8. The van der Waals surface area contributed by atoms with E-state index in [9.17, 15) is 28.8 Å². The van der Waals surface area contributed by atoms with Crippen LogP contribution in [0.1, 0.15) is 117 Å². The summed E-state index contributed by atoms with van der Waals surface area (Å²) in [6, 6.07) is 5.88. The number of aliphatic hydroxyl groups is 1. The number of hydrogen-bond donors (Lipinski definition) is 2. The Morgan fingerprint density at radius 3 is 1.13 bits per heavy atom. The van der Waals surface area contributed by atoms with Crippen molar-refractivity contribution in [3.05, 3.63) is 35.4 Å². The van der Waals surface area contributed by atoms with Gasteiger partial charge in [-0.1, -0.05) is 6.42 Å². The number of carboxylic acids is 1. The maximum Gasteiger partial charge on any atom is 0.338 e. The first kappa shape index (κ1) is 40.0. The minimum Gasteiger partial charge on any atom is -0.481 e. The normalized spacial score (nSPS) is 10.5. The van der Waals surface area contributed by atoms with E-state index in [4.69, 9.17) is 33.9 Å². The number of benzene rings is 1. The van der Waals surface area contributed by atoms with Crippen LogP contribution >= 0.6 is 0 Å². The smallest absolute Gasteiger partial charge is 0.338 e. The van der Waals surface area contributed by atoms with Gasteiger partial charge in [0, 0.05) is 32.3 Å². The molecule has 258 valence electrons. The third kappa shape index (κ3) is 21.7. The lowest BCUT2D eigenvalue weighted by Gasteiger charge is -2.08. The Morgan fingerprint density at radius 2 is 0.761 bits per heavy atom. The molecule has 1 rings (SSSR count). The van der Waals surface area contributed by atoms with Gasteiger partial charge in [-0.3, -0.25) is 19.2 Å². The third-order valence-electron chi connectivity index (χ3n) is 6.52. The van der Waals surface area contributed by atoms with Crippen molar-refractivity contribution in [2.45, 2.75) is 96.3 Å². The minimum absolute atomic E-state index is 0.0674. The fraction of sp³-hybridized carbons (Fsp3) is 0.636. The number of unbranched alkanes of at least 4 members (excludes halogenated alkanes) is 6. The molecule has 0 atom stereocenters. The highest BCUT2D eigenvalue weighted by Gasteiger charge is 2.12. The first-order valence-electron chi connectivity index (χ1n) is 16.0. The number of ether oxygens (including phenoxy) is 5. The van der Waals surface area contributed by atoms with Gasteiger partial charge in [0.05, 0.1) is 44.2 Å². The van der Waals surface area contributed by atoms with E-state index in [1.165, 1.54) is 24.3 Å². The van der Waals surface area contributed by atoms with Crippen molar-refractivity contribution >= 4 is 35.8 Å². The summed E-state index contributed by atoms with van der Waals surface area (Å²) < 4.78 is 25.7. The molecule has 0 aromatic heterocycles. The lowest BCUT2D eigenvalue weighted by atomic mass is 10.1. The molecule has 0 radical (unpaired) electrons. The predicted octanol–water partition coefficient (Wildman–Crippen LogP) is 4.56. The van der Waals surface area contributed by atoms with Gasteiger partial charge in [-0.25, -0.2) is 9.59 Å². The average molecular weight is 653 g/mol. The number of carboxylic acid groups (broad SMARTS) is 1. The van der Waals surface area contributed by atoms with Crippen LogP contribution in [0.15, 0.2) is 24.3 Å². The Morgan fingerprint density at radius 1 is 0.435 bits per heavy atom. The van der Waals surface area contributed by atoms with Crippen molar-refractivity contribution in [2.75, 3.05) is 39.6 Å². The summed E-state index contributed by atoms with van der Waals surface area (Å²) in [6.45, 7) is 1.05. The molecule has 0 bridgehead atoms. The fourth-order valence-electron chi connectivity index (χ4n) is 3.90. The highest BCUT2D eigenvalue weighted by atomic mass is 16.5. The van der Waals surface area contributed by atoms with Crippen LogP contribution in [-0.2, 0) is 42.9 Å². The van der Waals surface area contributed by atoms with E-state index < -0.39 is 17.9 Å². The standard InChI is InChI=1S/C33H48O13/c34-20-6-7-21-42-30(38)14-4-5-15-31(39)44-23-9-11-25-46-33(41)27-18-16-26(17-19-27)32(40)45-24-10-8-22-43-29(37)13-3-1-2-12-28(35)36/h16-19,34H,1-15,20-25H2,(H,35,36). The number of carbonyl (C=O) groups is 6. The number of hydrogen-bond acceptors (Lipinski definition) is 12. The molecule has 13 nitrogen and oxygen atoms in total. The maximum atomic E-state index is 12.3. The molecule has 2 N–H and O–H groups in total. The molecule has 0 amide bonds. The van der Waals surface area contributed by atoms with Gasteiger partial charge in [-0.15, -0.1) is 0 Å². The molecule has 0 aliphatic rings. The van der Waals surface area contributed by atoms with Crippen LogP contribution in [0.2, 0.25) is 0 Å². The van der Waals surface area contributed by atoms with E-state index in [-0.39, 0.29) is 94.4 Å². The minimum atomic E-state index is -0.849. The SMILES string of the molecule is O=C(O)CCCCCC(=O)OCCCCOC(=O)c1ccc(C(=O)OCCCCOC(=O)CCCCC(=O)OCCCCO)cc1. The van der Waals surface area contributed by atoms with Gasteiger partial charge in [0.25, 0.3) is 0 Å². The lowest BCUT2D eigenvalue weighted by molar-refractivity contribution is -0.146. The first-order valence-corrected chi connectivity index (χ1v) is 16.0. The molecular formula is C33H48O13. The highest BCUT2D eigenvalue weighted by Crippen LogP contribution is 2.10. The van der Waals surface area contributed by atoms with Crippen LogP contribution < -0.4 is 0 Å². The topological polar surface area (TPSA) is 189 Å². The van der Waals surface area contributed by atoms with Gasteiger partial charge in [0.1, 0.15) is 0 Å². The van der Waals surface area contributed by atoms with Gasteiger partial charge in [-0.05, 0) is 88.5 Å². The van der Waals surface area contributed by atoms with Crippen molar-refractivity contribution in [2.24, 2.45) is 0 Å². The van der Waals surface area contributed by atoms with Gasteiger partial charge in [-0.2, -0.15) is 0 Å². The molecule has 0 fully saturated rings. The molecule has 0 unspecified atom stereocenters. The number of aliphatic carboxylic acids is 1. The molecule has 46 heavy (non-hydrogen) atoms. The van der Waals surface area contributed by atoms with E-state index in [0.29, 0.717) is 70.6 Å².